The van der Waals surface area contributed by atoms with E-state index in [0.29, 0.717) is 0 Å². The van der Waals surface area contributed by atoms with E-state index >= 15 is 0 Å². The first kappa shape index (κ1) is 21.2. The molecule has 0 aromatic heterocycles. The lowest BCUT2D eigenvalue weighted by molar-refractivity contribution is 0.0446. The van der Waals surface area contributed by atoms with Crippen LogP contribution >= 0.6 is 0 Å². The molecular weight excluding hydrogens is 278 g/mol. The average molecular weight is 316 g/mol. The molecule has 0 aliphatic carbocycles. The highest BCUT2D eigenvalue weighted by molar-refractivity contribution is 5.68. The molecule has 0 aliphatic rings. The van der Waals surface area contributed by atoms with Gasteiger partial charge in [0.15, 0.2) is 0 Å². The second kappa shape index (κ2) is 8.73. The van der Waals surface area contributed by atoms with Crippen molar-refractivity contribution in [3.05, 3.63) is 0 Å². The van der Waals surface area contributed by atoms with Gasteiger partial charge in [-0.1, -0.05) is 13.8 Å². The summed E-state index contributed by atoms with van der Waals surface area (Å²) in [5, 5.41) is 9.93. The highest BCUT2D eigenvalue weighted by Crippen LogP contribution is 2.16. The third-order valence-corrected chi connectivity index (χ3v) is 3.54. The van der Waals surface area contributed by atoms with E-state index in [4.69, 9.17) is 4.74 Å². The molecule has 0 saturated heterocycles. The molecule has 0 bridgehead atoms. The number of amides is 1. The molecule has 132 valence electrons. The van der Waals surface area contributed by atoms with Crippen LogP contribution in [-0.4, -0.2) is 42.4 Å². The highest BCUT2D eigenvalue weighted by Gasteiger charge is 2.30. The largest absolute Gasteiger partial charge is 0.444 e. The van der Waals surface area contributed by atoms with E-state index in [1.165, 1.54) is 0 Å². The van der Waals surface area contributed by atoms with E-state index in [1.54, 1.807) is 0 Å². The lowest BCUT2D eigenvalue weighted by atomic mass is 9.93. The molecular formula is C17H37N3O2. The van der Waals surface area contributed by atoms with Gasteiger partial charge in [0, 0.05) is 25.2 Å². The summed E-state index contributed by atoms with van der Waals surface area (Å²) in [5.41, 5.74) is -0.603. The fourth-order valence-electron chi connectivity index (χ4n) is 2.09. The van der Waals surface area contributed by atoms with Crippen molar-refractivity contribution in [1.29, 1.82) is 0 Å². The van der Waals surface area contributed by atoms with Crippen LogP contribution in [0.2, 0.25) is 0 Å². The first-order chi connectivity index (χ1) is 9.93. The zero-order chi connectivity index (χ0) is 17.4. The molecule has 3 N–H and O–H groups in total. The molecule has 0 spiro atoms. The maximum Gasteiger partial charge on any atom is 0.408 e. The van der Waals surface area contributed by atoms with Crippen molar-refractivity contribution in [3.63, 3.8) is 0 Å². The van der Waals surface area contributed by atoms with Gasteiger partial charge in [-0.15, -0.1) is 0 Å². The lowest BCUT2D eigenvalue weighted by Gasteiger charge is -2.34. The predicted molar refractivity (Wildman–Crippen MR) is 93.3 cm³/mol. The molecule has 5 heteroatoms. The number of carbonyl (C=O) groups excluding carboxylic acids is 1. The Hall–Kier alpha value is -0.810. The van der Waals surface area contributed by atoms with Crippen LogP contribution in [0, 0.1) is 0 Å². The Labute approximate surface area is 137 Å². The third kappa shape index (κ3) is 10.0. The van der Waals surface area contributed by atoms with Gasteiger partial charge in [0.05, 0.1) is 5.54 Å². The predicted octanol–water partition coefficient (Wildman–Crippen LogP) is 3.05. The van der Waals surface area contributed by atoms with Crippen molar-refractivity contribution >= 4 is 6.09 Å². The number of hydrogen-bond donors (Lipinski definition) is 3. The summed E-state index contributed by atoms with van der Waals surface area (Å²) in [4.78, 5) is 12.0. The third-order valence-electron chi connectivity index (χ3n) is 3.54. The zero-order valence-corrected chi connectivity index (χ0v) is 15.9. The van der Waals surface area contributed by atoms with Crippen molar-refractivity contribution in [2.24, 2.45) is 0 Å². The van der Waals surface area contributed by atoms with Crippen LogP contribution in [0.5, 0.6) is 0 Å². The summed E-state index contributed by atoms with van der Waals surface area (Å²) >= 11 is 0. The molecule has 22 heavy (non-hydrogen) atoms. The van der Waals surface area contributed by atoms with Gasteiger partial charge in [0.2, 0.25) is 0 Å². The van der Waals surface area contributed by atoms with E-state index < -0.39 is 5.60 Å². The van der Waals surface area contributed by atoms with Crippen molar-refractivity contribution in [3.8, 4) is 0 Å². The SMILES string of the molecule is CCC(CC)(CNCCNC(C)(C)C)NC(=O)OC(C)(C)C. The minimum absolute atomic E-state index is 0.128. The monoisotopic (exact) mass is 315 g/mol. The van der Waals surface area contributed by atoms with E-state index in [0.717, 1.165) is 32.5 Å². The van der Waals surface area contributed by atoms with Gasteiger partial charge in [0.25, 0.3) is 0 Å². The van der Waals surface area contributed by atoms with Gasteiger partial charge in [-0.2, -0.15) is 0 Å². The van der Waals surface area contributed by atoms with Crippen LogP contribution < -0.4 is 16.0 Å². The number of alkyl carbamates (subject to hydrolysis) is 1. The van der Waals surface area contributed by atoms with Gasteiger partial charge >= 0.3 is 6.09 Å². The molecule has 0 aliphatic heterocycles. The summed E-state index contributed by atoms with van der Waals surface area (Å²) < 4.78 is 5.38. The molecule has 0 radical (unpaired) electrons. The maximum atomic E-state index is 12.0. The van der Waals surface area contributed by atoms with Crippen LogP contribution in [-0.2, 0) is 4.74 Å². The zero-order valence-electron chi connectivity index (χ0n) is 15.9. The summed E-state index contributed by atoms with van der Waals surface area (Å²) in [5.74, 6) is 0. The van der Waals surface area contributed by atoms with Crippen LogP contribution in [0.15, 0.2) is 0 Å². The molecule has 0 aromatic carbocycles. The number of hydrogen-bond acceptors (Lipinski definition) is 4. The van der Waals surface area contributed by atoms with Crippen molar-refractivity contribution < 1.29 is 9.53 Å². The van der Waals surface area contributed by atoms with Gasteiger partial charge in [-0.3, -0.25) is 0 Å². The van der Waals surface area contributed by atoms with Gasteiger partial charge in [0.1, 0.15) is 5.60 Å². The molecule has 0 unspecified atom stereocenters. The molecule has 0 saturated carbocycles. The summed E-state index contributed by atoms with van der Waals surface area (Å²) in [6.45, 7) is 18.8. The average Bonchev–Trinajstić information content (AvgIpc) is 2.33. The minimum Gasteiger partial charge on any atom is -0.444 e. The van der Waals surface area contributed by atoms with E-state index in [2.05, 4.69) is 50.6 Å². The molecule has 0 atom stereocenters. The molecule has 0 fully saturated rings. The fourth-order valence-corrected chi connectivity index (χ4v) is 2.09. The van der Waals surface area contributed by atoms with Gasteiger partial charge in [-0.05, 0) is 54.4 Å². The highest BCUT2D eigenvalue weighted by atomic mass is 16.6. The van der Waals surface area contributed by atoms with Crippen molar-refractivity contribution in [2.75, 3.05) is 19.6 Å². The molecule has 0 aromatic rings. The van der Waals surface area contributed by atoms with Crippen molar-refractivity contribution in [2.45, 2.75) is 84.9 Å². The number of carbonyl (C=O) groups is 1. The van der Waals surface area contributed by atoms with Gasteiger partial charge < -0.3 is 20.7 Å². The van der Waals surface area contributed by atoms with Crippen LogP contribution in [0.3, 0.4) is 0 Å². The van der Waals surface area contributed by atoms with Crippen molar-refractivity contribution in [1.82, 2.24) is 16.0 Å². The normalized spacial score (nSPS) is 13.1. The molecule has 0 rings (SSSR count). The fraction of sp³-hybridized carbons (Fsp3) is 0.941. The van der Waals surface area contributed by atoms with Crippen LogP contribution in [0.4, 0.5) is 4.79 Å². The van der Waals surface area contributed by atoms with E-state index in [9.17, 15) is 4.79 Å². The molecule has 0 heterocycles. The summed E-state index contributed by atoms with van der Waals surface area (Å²) in [7, 11) is 0. The Kier molecular flexibility index (Phi) is 8.40. The number of nitrogens with one attached hydrogen (secondary N) is 3. The van der Waals surface area contributed by atoms with E-state index in [-0.39, 0.29) is 17.2 Å². The molecule has 5 nitrogen and oxygen atoms in total. The smallest absolute Gasteiger partial charge is 0.408 e. The maximum absolute atomic E-state index is 12.0. The first-order valence-corrected chi connectivity index (χ1v) is 8.40. The Morgan fingerprint density at radius 2 is 1.50 bits per heavy atom. The lowest BCUT2D eigenvalue weighted by Crippen LogP contribution is -2.55. The van der Waals surface area contributed by atoms with Crippen LogP contribution in [0.25, 0.3) is 0 Å². The second-order valence-electron chi connectivity index (χ2n) is 7.97. The quantitative estimate of drug-likeness (QED) is 0.603. The number of ether oxygens (including phenoxy) is 1. The molecule has 1 amide bonds. The van der Waals surface area contributed by atoms with Gasteiger partial charge in [-0.25, -0.2) is 4.79 Å². The standard InChI is InChI=1S/C17H37N3O2/c1-9-17(10-2,20-14(21)22-16(6,7)8)13-18-11-12-19-15(3,4)5/h18-19H,9-13H2,1-8H3,(H,20,21). The Balaban J connectivity index is 4.35. The Morgan fingerprint density at radius 3 is 1.91 bits per heavy atom. The second-order valence-corrected chi connectivity index (χ2v) is 7.97. The number of rotatable bonds is 8. The first-order valence-electron chi connectivity index (χ1n) is 8.40. The summed E-state index contributed by atoms with van der Waals surface area (Å²) in [6, 6.07) is 0. The minimum atomic E-state index is -0.471. The Bertz CT molecular complexity index is 326. The van der Waals surface area contributed by atoms with Crippen LogP contribution in [0.1, 0.15) is 68.2 Å². The summed E-state index contributed by atoms with van der Waals surface area (Å²) in [6.07, 6.45) is 1.39. The Morgan fingerprint density at radius 1 is 0.955 bits per heavy atom. The van der Waals surface area contributed by atoms with E-state index in [1.807, 2.05) is 20.8 Å². The topological polar surface area (TPSA) is 62.4 Å².